The number of nitrogens with one attached hydrogen (secondary N) is 1. The van der Waals surface area contributed by atoms with E-state index in [1.54, 1.807) is 11.0 Å². The van der Waals surface area contributed by atoms with Crippen LogP contribution in [0.4, 0.5) is 5.69 Å². The lowest BCUT2D eigenvalue weighted by molar-refractivity contribution is 0.0771. The number of nitrogens with zero attached hydrogens (tertiary/aromatic N) is 1. The number of rotatable bonds is 3. The quantitative estimate of drug-likeness (QED) is 0.898. The second-order valence-electron chi connectivity index (χ2n) is 4.52. The van der Waals surface area contributed by atoms with Crippen LogP contribution in [0.1, 0.15) is 17.3 Å². The maximum Gasteiger partial charge on any atom is 0.256 e. The van der Waals surface area contributed by atoms with E-state index in [1.165, 1.54) is 0 Å². The van der Waals surface area contributed by atoms with Crippen LogP contribution in [0.3, 0.4) is 0 Å². The SMILES string of the molecule is CCNc1ccccc1C(=O)N1CCS(=O)(=O)CC1. The van der Waals surface area contributed by atoms with E-state index in [9.17, 15) is 13.2 Å². The molecule has 1 aromatic carbocycles. The van der Waals surface area contributed by atoms with Gasteiger partial charge >= 0.3 is 0 Å². The average molecular weight is 282 g/mol. The van der Waals surface area contributed by atoms with Crippen molar-refractivity contribution in [3.05, 3.63) is 29.8 Å². The van der Waals surface area contributed by atoms with Crippen molar-refractivity contribution in [2.75, 3.05) is 36.5 Å². The molecule has 1 saturated heterocycles. The summed E-state index contributed by atoms with van der Waals surface area (Å²) in [7, 11) is -2.96. The maximum atomic E-state index is 12.4. The number of hydrogen-bond donors (Lipinski definition) is 1. The first kappa shape index (κ1) is 13.9. The average Bonchev–Trinajstić information content (AvgIpc) is 2.39. The second-order valence-corrected chi connectivity index (χ2v) is 6.82. The molecule has 1 heterocycles. The number of carbonyl (C=O) groups excluding carboxylic acids is 1. The highest BCUT2D eigenvalue weighted by atomic mass is 32.2. The van der Waals surface area contributed by atoms with E-state index in [2.05, 4.69) is 5.32 Å². The number of benzene rings is 1. The zero-order chi connectivity index (χ0) is 13.9. The lowest BCUT2D eigenvalue weighted by Gasteiger charge is -2.27. The molecule has 19 heavy (non-hydrogen) atoms. The number of hydrogen-bond acceptors (Lipinski definition) is 4. The highest BCUT2D eigenvalue weighted by Gasteiger charge is 2.26. The zero-order valence-electron chi connectivity index (χ0n) is 10.9. The van der Waals surface area contributed by atoms with Crippen molar-refractivity contribution in [2.24, 2.45) is 0 Å². The van der Waals surface area contributed by atoms with Gasteiger partial charge in [0.05, 0.1) is 17.1 Å². The molecular weight excluding hydrogens is 264 g/mol. The first-order valence-electron chi connectivity index (χ1n) is 6.36. The third-order valence-electron chi connectivity index (χ3n) is 3.16. The molecule has 0 saturated carbocycles. The fourth-order valence-electron chi connectivity index (χ4n) is 2.10. The summed E-state index contributed by atoms with van der Waals surface area (Å²) in [5.41, 5.74) is 1.40. The van der Waals surface area contributed by atoms with Crippen LogP contribution in [0.15, 0.2) is 24.3 Å². The molecule has 6 heteroatoms. The van der Waals surface area contributed by atoms with Crippen LogP contribution in [-0.2, 0) is 9.84 Å². The van der Waals surface area contributed by atoms with Gasteiger partial charge in [-0.05, 0) is 19.1 Å². The molecular formula is C13H18N2O3S. The minimum Gasteiger partial charge on any atom is -0.385 e. The third kappa shape index (κ3) is 3.26. The van der Waals surface area contributed by atoms with Crippen LogP contribution in [0.2, 0.25) is 0 Å². The smallest absolute Gasteiger partial charge is 0.256 e. The van der Waals surface area contributed by atoms with Crippen molar-refractivity contribution < 1.29 is 13.2 Å². The zero-order valence-corrected chi connectivity index (χ0v) is 11.7. The van der Waals surface area contributed by atoms with E-state index in [0.29, 0.717) is 5.56 Å². The number of carbonyl (C=O) groups is 1. The van der Waals surface area contributed by atoms with Gasteiger partial charge in [0.1, 0.15) is 0 Å². The molecule has 0 atom stereocenters. The van der Waals surface area contributed by atoms with Crippen LogP contribution in [0, 0.1) is 0 Å². The van der Waals surface area contributed by atoms with Gasteiger partial charge < -0.3 is 10.2 Å². The minimum absolute atomic E-state index is 0.0577. The lowest BCUT2D eigenvalue weighted by Crippen LogP contribution is -2.43. The molecule has 2 rings (SSSR count). The number of sulfone groups is 1. The Morgan fingerprint density at radius 1 is 1.26 bits per heavy atom. The highest BCUT2D eigenvalue weighted by Crippen LogP contribution is 2.18. The van der Waals surface area contributed by atoms with E-state index in [1.807, 2.05) is 25.1 Å². The molecule has 5 nitrogen and oxygen atoms in total. The summed E-state index contributed by atoms with van der Waals surface area (Å²) in [6.45, 7) is 3.26. The Bertz CT molecular complexity index is 555. The maximum absolute atomic E-state index is 12.4. The molecule has 0 aromatic heterocycles. The Balaban J connectivity index is 2.16. The van der Waals surface area contributed by atoms with E-state index in [4.69, 9.17) is 0 Å². The van der Waals surface area contributed by atoms with Gasteiger partial charge in [-0.3, -0.25) is 4.79 Å². The molecule has 0 unspecified atom stereocenters. The predicted molar refractivity (Wildman–Crippen MR) is 75.2 cm³/mol. The van der Waals surface area contributed by atoms with Crippen molar-refractivity contribution in [1.82, 2.24) is 4.90 Å². The Kier molecular flexibility index (Phi) is 4.09. The van der Waals surface area contributed by atoms with Crippen molar-refractivity contribution in [2.45, 2.75) is 6.92 Å². The predicted octanol–water partition coefficient (Wildman–Crippen LogP) is 0.989. The molecule has 1 N–H and O–H groups in total. The third-order valence-corrected chi connectivity index (χ3v) is 4.77. The summed E-state index contributed by atoms with van der Waals surface area (Å²) in [5, 5.41) is 3.15. The molecule has 0 spiro atoms. The Labute approximate surface area is 113 Å². The van der Waals surface area contributed by atoms with Crippen molar-refractivity contribution in [3.63, 3.8) is 0 Å². The van der Waals surface area contributed by atoms with E-state index >= 15 is 0 Å². The molecule has 1 fully saturated rings. The summed E-state index contributed by atoms with van der Waals surface area (Å²) in [4.78, 5) is 14.0. The molecule has 1 amide bonds. The molecule has 0 aliphatic carbocycles. The van der Waals surface area contributed by atoms with Crippen LogP contribution in [0.5, 0.6) is 0 Å². The number of anilines is 1. The lowest BCUT2D eigenvalue weighted by atomic mass is 10.1. The first-order chi connectivity index (χ1) is 9.03. The van der Waals surface area contributed by atoms with Gasteiger partial charge in [-0.1, -0.05) is 12.1 Å². The summed E-state index contributed by atoms with van der Waals surface area (Å²) in [5.74, 6) is 0.0102. The van der Waals surface area contributed by atoms with Gasteiger partial charge in [-0.15, -0.1) is 0 Å². The van der Waals surface area contributed by atoms with Gasteiger partial charge in [0, 0.05) is 25.3 Å². The van der Waals surface area contributed by atoms with Crippen LogP contribution in [0.25, 0.3) is 0 Å². The topological polar surface area (TPSA) is 66.5 Å². The van der Waals surface area contributed by atoms with Crippen LogP contribution < -0.4 is 5.32 Å². The summed E-state index contributed by atoms with van der Waals surface area (Å²) in [6, 6.07) is 7.31. The molecule has 104 valence electrons. The Morgan fingerprint density at radius 3 is 2.53 bits per heavy atom. The normalized spacial score (nSPS) is 18.1. The number of amides is 1. The van der Waals surface area contributed by atoms with E-state index in [-0.39, 0.29) is 30.5 Å². The first-order valence-corrected chi connectivity index (χ1v) is 8.18. The van der Waals surface area contributed by atoms with Crippen molar-refractivity contribution >= 4 is 21.4 Å². The largest absolute Gasteiger partial charge is 0.385 e. The molecule has 0 bridgehead atoms. The van der Waals surface area contributed by atoms with E-state index in [0.717, 1.165) is 12.2 Å². The van der Waals surface area contributed by atoms with Crippen molar-refractivity contribution in [3.8, 4) is 0 Å². The van der Waals surface area contributed by atoms with E-state index < -0.39 is 9.84 Å². The van der Waals surface area contributed by atoms with Gasteiger partial charge in [0.15, 0.2) is 9.84 Å². The second kappa shape index (κ2) is 5.61. The Hall–Kier alpha value is -1.56. The minimum atomic E-state index is -2.96. The monoisotopic (exact) mass is 282 g/mol. The van der Waals surface area contributed by atoms with Crippen LogP contribution >= 0.6 is 0 Å². The standard InChI is InChI=1S/C13H18N2O3S/c1-2-14-12-6-4-3-5-11(12)13(16)15-7-9-19(17,18)10-8-15/h3-6,14H,2,7-10H2,1H3. The fraction of sp³-hybridized carbons (Fsp3) is 0.462. The molecule has 1 aliphatic heterocycles. The van der Waals surface area contributed by atoms with Gasteiger partial charge in [0.25, 0.3) is 5.91 Å². The van der Waals surface area contributed by atoms with Crippen molar-refractivity contribution in [1.29, 1.82) is 0 Å². The van der Waals surface area contributed by atoms with Crippen LogP contribution in [-0.4, -0.2) is 50.4 Å². The molecule has 1 aliphatic rings. The summed E-state index contributed by atoms with van der Waals surface area (Å²) in [6.07, 6.45) is 0. The van der Waals surface area contributed by atoms with Gasteiger partial charge in [0.2, 0.25) is 0 Å². The fourth-order valence-corrected chi connectivity index (χ4v) is 3.30. The highest BCUT2D eigenvalue weighted by molar-refractivity contribution is 7.91. The Morgan fingerprint density at radius 2 is 1.89 bits per heavy atom. The summed E-state index contributed by atoms with van der Waals surface area (Å²) >= 11 is 0. The summed E-state index contributed by atoms with van der Waals surface area (Å²) < 4.78 is 22.7. The molecule has 1 aromatic rings. The number of para-hydroxylation sites is 1. The van der Waals surface area contributed by atoms with Gasteiger partial charge in [-0.2, -0.15) is 0 Å². The van der Waals surface area contributed by atoms with Gasteiger partial charge in [-0.25, -0.2) is 8.42 Å². The molecule has 0 radical (unpaired) electrons.